The minimum absolute atomic E-state index is 0.123. The normalized spacial score (nSPS) is 17.5. The molecule has 4 heteroatoms. The molecule has 0 radical (unpaired) electrons. The summed E-state index contributed by atoms with van der Waals surface area (Å²) in [6.45, 7) is 0.704. The summed E-state index contributed by atoms with van der Waals surface area (Å²) in [5, 5.41) is 0. The maximum atomic E-state index is 6.11. The molecule has 0 heterocycles. The number of benzene rings is 1. The summed E-state index contributed by atoms with van der Waals surface area (Å²) < 4.78 is 11.0. The average molecular weight is 281 g/mol. The molecule has 19 heavy (non-hydrogen) atoms. The zero-order valence-corrected chi connectivity index (χ0v) is 12.8. The van der Waals surface area contributed by atoms with Gasteiger partial charge in [-0.05, 0) is 30.7 Å². The molecule has 106 valence electrons. The van der Waals surface area contributed by atoms with Crippen LogP contribution in [0.4, 0.5) is 0 Å². The highest BCUT2D eigenvalue weighted by atomic mass is 32.2. The van der Waals surface area contributed by atoms with E-state index < -0.39 is 0 Å². The Morgan fingerprint density at radius 1 is 1.21 bits per heavy atom. The Kier molecular flexibility index (Phi) is 4.63. The highest BCUT2D eigenvalue weighted by Crippen LogP contribution is 2.48. The number of ether oxygens (including phenoxy) is 2. The summed E-state index contributed by atoms with van der Waals surface area (Å²) in [5.74, 6) is 1.63. The van der Waals surface area contributed by atoms with E-state index >= 15 is 0 Å². The van der Waals surface area contributed by atoms with Gasteiger partial charge in [0.1, 0.15) is 0 Å². The van der Waals surface area contributed by atoms with Gasteiger partial charge in [0, 0.05) is 12.0 Å². The second-order valence-corrected chi connectivity index (χ2v) is 5.89. The molecule has 0 aliphatic heterocycles. The van der Waals surface area contributed by atoms with Crippen molar-refractivity contribution in [2.75, 3.05) is 27.0 Å². The predicted molar refractivity (Wildman–Crippen MR) is 80.5 cm³/mol. The van der Waals surface area contributed by atoms with Crippen LogP contribution in [0.5, 0.6) is 11.5 Å². The number of thioether (sulfide) groups is 1. The van der Waals surface area contributed by atoms with Crippen LogP contribution >= 0.6 is 11.8 Å². The fourth-order valence-electron chi connectivity index (χ4n) is 3.15. The first-order chi connectivity index (χ1) is 9.22. The Morgan fingerprint density at radius 3 is 2.37 bits per heavy atom. The van der Waals surface area contributed by atoms with Crippen molar-refractivity contribution in [3.05, 3.63) is 17.7 Å². The monoisotopic (exact) mass is 281 g/mol. The third-order valence-electron chi connectivity index (χ3n) is 4.23. The molecule has 1 fully saturated rings. The Labute approximate surface area is 119 Å². The van der Waals surface area contributed by atoms with Crippen LogP contribution in [0.3, 0.4) is 0 Å². The number of rotatable bonds is 5. The summed E-state index contributed by atoms with van der Waals surface area (Å²) in [6.07, 6.45) is 6.96. The molecule has 0 aromatic heterocycles. The molecule has 1 aromatic carbocycles. The number of hydrogen-bond donors (Lipinski definition) is 1. The first-order valence-electron chi connectivity index (χ1n) is 6.72. The fraction of sp³-hybridized carbons (Fsp3) is 0.600. The van der Waals surface area contributed by atoms with Crippen LogP contribution in [0.25, 0.3) is 0 Å². The molecule has 1 aliphatic carbocycles. The van der Waals surface area contributed by atoms with Gasteiger partial charge in [-0.3, -0.25) is 0 Å². The van der Waals surface area contributed by atoms with E-state index in [-0.39, 0.29) is 5.41 Å². The van der Waals surface area contributed by atoms with E-state index in [9.17, 15) is 0 Å². The number of methoxy groups -OCH3 is 2. The lowest BCUT2D eigenvalue weighted by Gasteiger charge is -2.31. The zero-order valence-electron chi connectivity index (χ0n) is 12.0. The van der Waals surface area contributed by atoms with Crippen molar-refractivity contribution in [2.24, 2.45) is 5.73 Å². The van der Waals surface area contributed by atoms with Crippen molar-refractivity contribution in [1.82, 2.24) is 0 Å². The van der Waals surface area contributed by atoms with Gasteiger partial charge in [-0.15, -0.1) is 11.8 Å². The van der Waals surface area contributed by atoms with E-state index in [2.05, 4.69) is 12.3 Å². The van der Waals surface area contributed by atoms with E-state index in [0.29, 0.717) is 6.54 Å². The van der Waals surface area contributed by atoms with Crippen LogP contribution in [0, 0.1) is 0 Å². The molecule has 0 bridgehead atoms. The standard InChI is InChI=1S/C15H23NO2S/c1-17-12-7-6-11(14(19-3)13(12)18-2)15(10-16)8-4-5-9-15/h6-7H,4-5,8-10,16H2,1-3H3. The van der Waals surface area contributed by atoms with Crippen LogP contribution in [0.1, 0.15) is 31.2 Å². The molecule has 3 nitrogen and oxygen atoms in total. The zero-order chi connectivity index (χ0) is 13.9. The van der Waals surface area contributed by atoms with Gasteiger partial charge in [0.15, 0.2) is 11.5 Å². The maximum absolute atomic E-state index is 6.11. The van der Waals surface area contributed by atoms with Crippen molar-refractivity contribution in [3.8, 4) is 11.5 Å². The second-order valence-electron chi connectivity index (χ2n) is 5.07. The molecule has 2 N–H and O–H groups in total. The first kappa shape index (κ1) is 14.5. The van der Waals surface area contributed by atoms with E-state index in [1.54, 1.807) is 26.0 Å². The SMILES string of the molecule is COc1ccc(C2(CN)CCCC2)c(SC)c1OC. The Balaban J connectivity index is 2.57. The number of nitrogens with two attached hydrogens (primary N) is 1. The minimum atomic E-state index is 0.123. The Hall–Kier alpha value is -0.870. The van der Waals surface area contributed by atoms with Crippen molar-refractivity contribution < 1.29 is 9.47 Å². The van der Waals surface area contributed by atoms with Crippen LogP contribution in [0.15, 0.2) is 17.0 Å². The summed E-state index contributed by atoms with van der Waals surface area (Å²) in [4.78, 5) is 1.18. The highest BCUT2D eigenvalue weighted by Gasteiger charge is 2.37. The maximum Gasteiger partial charge on any atom is 0.174 e. The highest BCUT2D eigenvalue weighted by molar-refractivity contribution is 7.98. The van der Waals surface area contributed by atoms with E-state index in [1.807, 2.05) is 6.07 Å². The molecule has 0 unspecified atom stereocenters. The lowest BCUT2D eigenvalue weighted by Crippen LogP contribution is -2.32. The minimum Gasteiger partial charge on any atom is -0.493 e. The Bertz CT molecular complexity index is 442. The van der Waals surface area contributed by atoms with Gasteiger partial charge in [-0.2, -0.15) is 0 Å². The van der Waals surface area contributed by atoms with Crippen LogP contribution in [0.2, 0.25) is 0 Å². The molecule has 0 atom stereocenters. The summed E-state index contributed by atoms with van der Waals surface area (Å²) in [7, 11) is 3.38. The Morgan fingerprint density at radius 2 is 1.89 bits per heavy atom. The van der Waals surface area contributed by atoms with Crippen LogP contribution in [-0.2, 0) is 5.41 Å². The van der Waals surface area contributed by atoms with Crippen molar-refractivity contribution in [3.63, 3.8) is 0 Å². The van der Waals surface area contributed by atoms with Crippen molar-refractivity contribution in [1.29, 1.82) is 0 Å². The molecule has 0 spiro atoms. The fourth-order valence-corrected chi connectivity index (χ4v) is 4.03. The second kappa shape index (κ2) is 6.06. The van der Waals surface area contributed by atoms with Gasteiger partial charge in [0.05, 0.1) is 19.1 Å². The molecule has 1 aromatic rings. The molecule has 0 saturated heterocycles. The van der Waals surface area contributed by atoms with Gasteiger partial charge >= 0.3 is 0 Å². The van der Waals surface area contributed by atoms with Gasteiger partial charge in [0.2, 0.25) is 0 Å². The quantitative estimate of drug-likeness (QED) is 0.842. The van der Waals surface area contributed by atoms with E-state index in [1.165, 1.54) is 36.1 Å². The molecule has 1 saturated carbocycles. The van der Waals surface area contributed by atoms with Crippen molar-refractivity contribution >= 4 is 11.8 Å². The predicted octanol–water partition coefficient (Wildman–Crippen LogP) is 3.20. The van der Waals surface area contributed by atoms with E-state index in [4.69, 9.17) is 15.2 Å². The summed E-state index contributed by atoms with van der Waals surface area (Å²) in [5.41, 5.74) is 7.56. The van der Waals surface area contributed by atoms with Gasteiger partial charge in [-0.25, -0.2) is 0 Å². The molecule has 1 aliphatic rings. The van der Waals surface area contributed by atoms with Gasteiger partial charge < -0.3 is 15.2 Å². The third kappa shape index (κ3) is 2.43. The molecule has 0 amide bonds. The molecular weight excluding hydrogens is 258 g/mol. The first-order valence-corrected chi connectivity index (χ1v) is 7.94. The van der Waals surface area contributed by atoms with Gasteiger partial charge in [-0.1, -0.05) is 18.9 Å². The van der Waals surface area contributed by atoms with Gasteiger partial charge in [0.25, 0.3) is 0 Å². The topological polar surface area (TPSA) is 44.5 Å². The summed E-state index contributed by atoms with van der Waals surface area (Å²) >= 11 is 1.72. The molecule has 2 rings (SSSR count). The van der Waals surface area contributed by atoms with E-state index in [0.717, 1.165) is 11.5 Å². The third-order valence-corrected chi connectivity index (χ3v) is 5.04. The lowest BCUT2D eigenvalue weighted by atomic mass is 9.79. The summed E-state index contributed by atoms with van der Waals surface area (Å²) in [6, 6.07) is 4.18. The van der Waals surface area contributed by atoms with Crippen LogP contribution in [-0.4, -0.2) is 27.0 Å². The largest absolute Gasteiger partial charge is 0.493 e. The number of hydrogen-bond acceptors (Lipinski definition) is 4. The van der Waals surface area contributed by atoms with Crippen LogP contribution < -0.4 is 15.2 Å². The molecular formula is C15H23NO2S. The smallest absolute Gasteiger partial charge is 0.174 e. The average Bonchev–Trinajstić information content (AvgIpc) is 2.95. The lowest BCUT2D eigenvalue weighted by molar-refractivity contribution is 0.342. The van der Waals surface area contributed by atoms with Crippen molar-refractivity contribution in [2.45, 2.75) is 36.0 Å².